The fourth-order valence-electron chi connectivity index (χ4n) is 0.670. The first-order valence-corrected chi connectivity index (χ1v) is 3.19. The molecule has 1 aromatic carbocycles. The maximum atomic E-state index is 9.71. The van der Waals surface area contributed by atoms with Gasteiger partial charge in [-0.2, -0.15) is 0 Å². The molecule has 0 aliphatic rings. The Morgan fingerprint density at radius 3 is 2.55 bits per heavy atom. The van der Waals surface area contributed by atoms with Gasteiger partial charge in [0.2, 0.25) is 0 Å². The van der Waals surface area contributed by atoms with Crippen LogP contribution in [0.4, 0.5) is 0 Å². The van der Waals surface area contributed by atoms with E-state index in [1.165, 1.54) is 0 Å². The summed E-state index contributed by atoms with van der Waals surface area (Å²) >= 11 is 0. The molecule has 0 aromatic heterocycles. The molecule has 0 radical (unpaired) electrons. The van der Waals surface area contributed by atoms with Gasteiger partial charge in [-0.15, -0.1) is 0 Å². The van der Waals surface area contributed by atoms with Gasteiger partial charge in [-0.25, -0.2) is 4.79 Å². The van der Waals surface area contributed by atoms with Crippen LogP contribution in [0, 0.1) is 11.8 Å². The molecular weight excluding hydrogens is 136 g/mol. The van der Waals surface area contributed by atoms with Gasteiger partial charge in [-0.1, -0.05) is 30.0 Å². The Balaban J connectivity index is 2.82. The van der Waals surface area contributed by atoms with E-state index < -0.39 is 0 Å². The zero-order chi connectivity index (χ0) is 7.94. The lowest BCUT2D eigenvalue weighted by atomic mass is 10.2. The van der Waals surface area contributed by atoms with Crippen molar-refractivity contribution < 1.29 is 4.79 Å². The van der Waals surface area contributed by atoms with E-state index in [0.29, 0.717) is 0 Å². The SMILES string of the molecule is O=C=CC#Cc1ccccc1. The highest BCUT2D eigenvalue weighted by molar-refractivity contribution is 5.53. The Labute approximate surface area is 65.4 Å². The number of benzene rings is 1. The van der Waals surface area contributed by atoms with E-state index in [1.54, 1.807) is 5.94 Å². The molecular formula is C10H6O. The lowest BCUT2D eigenvalue weighted by Crippen LogP contribution is -1.68. The molecule has 1 heteroatoms. The van der Waals surface area contributed by atoms with Crippen LogP contribution in [0.3, 0.4) is 0 Å². The lowest BCUT2D eigenvalue weighted by Gasteiger charge is -1.83. The molecule has 0 aliphatic carbocycles. The minimum atomic E-state index is 0.902. The molecule has 52 valence electrons. The Hall–Kier alpha value is -1.77. The first-order valence-electron chi connectivity index (χ1n) is 3.19. The van der Waals surface area contributed by atoms with Gasteiger partial charge in [0.25, 0.3) is 0 Å². The van der Waals surface area contributed by atoms with Crippen LogP contribution in [-0.2, 0) is 4.79 Å². The Kier molecular flexibility index (Phi) is 2.74. The molecule has 0 heterocycles. The van der Waals surface area contributed by atoms with Crippen LogP contribution in [0.15, 0.2) is 36.4 Å². The summed E-state index contributed by atoms with van der Waals surface area (Å²) in [6, 6.07) is 9.47. The topological polar surface area (TPSA) is 17.1 Å². The molecule has 0 N–H and O–H groups in total. The predicted molar refractivity (Wildman–Crippen MR) is 43.6 cm³/mol. The lowest BCUT2D eigenvalue weighted by molar-refractivity contribution is 0.569. The van der Waals surface area contributed by atoms with Crippen LogP contribution in [0.2, 0.25) is 0 Å². The predicted octanol–water partition coefficient (Wildman–Crippen LogP) is 1.43. The first kappa shape index (κ1) is 7.34. The molecule has 1 rings (SSSR count). The van der Waals surface area contributed by atoms with Crippen molar-refractivity contribution in [3.8, 4) is 11.8 Å². The molecule has 0 saturated carbocycles. The summed E-state index contributed by atoms with van der Waals surface area (Å²) in [5.74, 6) is 6.92. The Morgan fingerprint density at radius 2 is 1.91 bits per heavy atom. The molecule has 0 amide bonds. The smallest absolute Gasteiger partial charge is 0.133 e. The molecule has 0 atom stereocenters. The zero-order valence-electron chi connectivity index (χ0n) is 5.87. The molecule has 1 aromatic rings. The molecule has 0 unspecified atom stereocenters. The van der Waals surface area contributed by atoms with Crippen molar-refractivity contribution in [1.29, 1.82) is 0 Å². The summed E-state index contributed by atoms with van der Waals surface area (Å²) in [6.07, 6.45) is 1.16. The Morgan fingerprint density at radius 1 is 1.18 bits per heavy atom. The highest BCUT2D eigenvalue weighted by atomic mass is 16.1. The van der Waals surface area contributed by atoms with E-state index in [1.807, 2.05) is 30.3 Å². The molecule has 0 bridgehead atoms. The molecule has 0 fully saturated rings. The van der Waals surface area contributed by atoms with Crippen molar-refractivity contribution >= 4 is 5.94 Å². The van der Waals surface area contributed by atoms with Crippen molar-refractivity contribution in [1.82, 2.24) is 0 Å². The third kappa shape index (κ3) is 2.53. The van der Waals surface area contributed by atoms with Crippen molar-refractivity contribution in [2.45, 2.75) is 0 Å². The van der Waals surface area contributed by atoms with E-state index in [-0.39, 0.29) is 0 Å². The second-order valence-corrected chi connectivity index (χ2v) is 1.90. The zero-order valence-corrected chi connectivity index (χ0v) is 5.87. The van der Waals surface area contributed by atoms with E-state index >= 15 is 0 Å². The van der Waals surface area contributed by atoms with E-state index in [2.05, 4.69) is 11.8 Å². The normalized spacial score (nSPS) is 7.27. The maximum Gasteiger partial charge on any atom is 0.133 e. The van der Waals surface area contributed by atoms with E-state index in [9.17, 15) is 4.79 Å². The van der Waals surface area contributed by atoms with Gasteiger partial charge in [-0.05, 0) is 12.1 Å². The Bertz CT molecular complexity index is 321. The summed E-state index contributed by atoms with van der Waals surface area (Å²) in [6.45, 7) is 0. The van der Waals surface area contributed by atoms with Gasteiger partial charge in [0, 0.05) is 5.56 Å². The van der Waals surface area contributed by atoms with Crippen LogP contribution in [0.5, 0.6) is 0 Å². The van der Waals surface area contributed by atoms with Crippen molar-refractivity contribution in [2.24, 2.45) is 0 Å². The molecule has 0 spiro atoms. The fourth-order valence-corrected chi connectivity index (χ4v) is 0.670. The molecule has 0 aliphatic heterocycles. The second kappa shape index (κ2) is 4.11. The van der Waals surface area contributed by atoms with Gasteiger partial charge in [0.05, 0.1) is 6.08 Å². The highest BCUT2D eigenvalue weighted by Gasteiger charge is 1.78. The van der Waals surface area contributed by atoms with Crippen LogP contribution in [-0.4, -0.2) is 5.94 Å². The van der Waals surface area contributed by atoms with Crippen molar-refractivity contribution in [3.05, 3.63) is 42.0 Å². The summed E-state index contributed by atoms with van der Waals surface area (Å²) in [5.41, 5.74) is 0.902. The quantitative estimate of drug-likeness (QED) is 0.395. The average molecular weight is 142 g/mol. The van der Waals surface area contributed by atoms with Crippen molar-refractivity contribution in [3.63, 3.8) is 0 Å². The largest absolute Gasteiger partial charge is 0.233 e. The number of carbonyl (C=O) groups excluding carboxylic acids is 1. The van der Waals surface area contributed by atoms with E-state index in [0.717, 1.165) is 11.6 Å². The number of allylic oxidation sites excluding steroid dienone is 1. The minimum absolute atomic E-state index is 0.902. The minimum Gasteiger partial charge on any atom is -0.233 e. The summed E-state index contributed by atoms with van der Waals surface area (Å²) < 4.78 is 0. The molecule has 1 nitrogen and oxygen atoms in total. The number of rotatable bonds is 0. The molecule has 11 heavy (non-hydrogen) atoms. The fraction of sp³-hybridized carbons (Fsp3) is 0. The average Bonchev–Trinajstić information content (AvgIpc) is 2.07. The first-order chi connectivity index (χ1) is 5.43. The highest BCUT2D eigenvalue weighted by Crippen LogP contribution is 1.93. The van der Waals surface area contributed by atoms with Gasteiger partial charge < -0.3 is 0 Å². The van der Waals surface area contributed by atoms with Gasteiger partial charge in [0.1, 0.15) is 5.94 Å². The third-order valence-corrected chi connectivity index (χ3v) is 1.12. The van der Waals surface area contributed by atoms with Gasteiger partial charge >= 0.3 is 0 Å². The number of hydrogen-bond donors (Lipinski definition) is 0. The number of hydrogen-bond acceptors (Lipinski definition) is 1. The summed E-state index contributed by atoms with van der Waals surface area (Å²) in [7, 11) is 0. The van der Waals surface area contributed by atoms with E-state index in [4.69, 9.17) is 0 Å². The van der Waals surface area contributed by atoms with Gasteiger partial charge in [-0.3, -0.25) is 0 Å². The second-order valence-electron chi connectivity index (χ2n) is 1.90. The maximum absolute atomic E-state index is 9.71. The molecule has 0 saturated heterocycles. The van der Waals surface area contributed by atoms with Crippen LogP contribution < -0.4 is 0 Å². The van der Waals surface area contributed by atoms with Crippen molar-refractivity contribution in [2.75, 3.05) is 0 Å². The van der Waals surface area contributed by atoms with Gasteiger partial charge in [0.15, 0.2) is 0 Å². The monoisotopic (exact) mass is 142 g/mol. The third-order valence-electron chi connectivity index (χ3n) is 1.12. The van der Waals surface area contributed by atoms with Crippen LogP contribution in [0.25, 0.3) is 0 Å². The summed E-state index contributed by atoms with van der Waals surface area (Å²) in [5, 5.41) is 0. The standard InChI is InChI=1S/C10H6O/c11-9-5-4-8-10-6-2-1-3-7-10/h1-3,5-7H. The van der Waals surface area contributed by atoms with Crippen LogP contribution in [0.1, 0.15) is 5.56 Å². The van der Waals surface area contributed by atoms with Crippen LogP contribution >= 0.6 is 0 Å². The summed E-state index contributed by atoms with van der Waals surface area (Å²) in [4.78, 5) is 9.71.